The van der Waals surface area contributed by atoms with Gasteiger partial charge in [0.25, 0.3) is 0 Å². The summed E-state index contributed by atoms with van der Waals surface area (Å²) < 4.78 is 17.1. The normalized spacial score (nSPS) is 14.2. The number of methoxy groups -OCH3 is 3. The van der Waals surface area contributed by atoms with Gasteiger partial charge in [-0.15, -0.1) is 0 Å². The van der Waals surface area contributed by atoms with E-state index in [-0.39, 0.29) is 28.8 Å². The number of benzene rings is 2. The summed E-state index contributed by atoms with van der Waals surface area (Å²) in [4.78, 5) is 50.9. The minimum Gasteiger partial charge on any atom is -0.493 e. The number of nitrogens with two attached hydrogens (primary N) is 1. The molecule has 3 aromatic carbocycles. The molecule has 3 aromatic rings. The lowest BCUT2D eigenvalue weighted by Crippen LogP contribution is -2.37. The van der Waals surface area contributed by atoms with Gasteiger partial charge in [0.2, 0.25) is 28.9 Å². The minimum atomic E-state index is -0.756. The van der Waals surface area contributed by atoms with Crippen LogP contribution in [0.5, 0.6) is 17.2 Å². The zero-order chi connectivity index (χ0) is 32.8. The number of hydrogen-bond donors (Lipinski definition) is 4. The van der Waals surface area contributed by atoms with Crippen LogP contribution < -0.4 is 41.3 Å². The highest BCUT2D eigenvalue weighted by Crippen LogP contribution is 2.50. The molecule has 0 unspecified atom stereocenters. The molecular weight excluding hydrogens is 576 g/mol. The van der Waals surface area contributed by atoms with Crippen molar-refractivity contribution in [2.45, 2.75) is 52.1 Å². The van der Waals surface area contributed by atoms with Crippen LogP contribution in [0.2, 0.25) is 0 Å². The number of carbonyl (C=O) groups excluding carboxylic acids is 3. The van der Waals surface area contributed by atoms with E-state index in [9.17, 15) is 19.2 Å². The van der Waals surface area contributed by atoms with E-state index in [4.69, 9.17) is 19.9 Å². The standard InChI is InChI=1S/C34H40N4O7/c1-18(2)15-27(34(42)37-22-10-7-20(8-11-22)33(35)41)38-26-14-12-23-24(17-28(26)40)25(36-19(3)39)13-9-21-16-29(43-4)31(44-5)32(45-6)30(21)23/h7-8,10-12,14,16-18,25,27H,9,13,15H2,1-6H3,(H2,35,41)(H,36,39)(H,37,42)(H,38,40)/t25-,27+/m0/s1. The van der Waals surface area contributed by atoms with Crippen molar-refractivity contribution < 1.29 is 28.6 Å². The van der Waals surface area contributed by atoms with E-state index in [2.05, 4.69) is 16.0 Å². The Labute approximate surface area is 262 Å². The molecule has 238 valence electrons. The summed E-state index contributed by atoms with van der Waals surface area (Å²) in [5, 5.41) is 9.03. The number of ether oxygens (including phenoxy) is 3. The van der Waals surface area contributed by atoms with Crippen molar-refractivity contribution in [3.63, 3.8) is 0 Å². The third-order valence-corrected chi connectivity index (χ3v) is 7.71. The fourth-order valence-corrected chi connectivity index (χ4v) is 5.66. The van der Waals surface area contributed by atoms with Gasteiger partial charge in [0, 0.05) is 23.7 Å². The van der Waals surface area contributed by atoms with Crippen LogP contribution >= 0.6 is 0 Å². The van der Waals surface area contributed by atoms with Gasteiger partial charge < -0.3 is 35.9 Å². The second-order valence-corrected chi connectivity index (χ2v) is 11.4. The number of amides is 3. The fraction of sp³-hybridized carbons (Fsp3) is 0.353. The Morgan fingerprint density at radius 2 is 1.64 bits per heavy atom. The van der Waals surface area contributed by atoms with Crippen LogP contribution in [0.3, 0.4) is 0 Å². The number of fused-ring (bicyclic) bond motifs is 3. The molecule has 0 bridgehead atoms. The first kappa shape index (κ1) is 32.8. The highest BCUT2D eigenvalue weighted by Gasteiger charge is 2.30. The Morgan fingerprint density at radius 3 is 2.22 bits per heavy atom. The molecule has 4 rings (SSSR count). The number of rotatable bonds is 11. The predicted octanol–water partition coefficient (Wildman–Crippen LogP) is 4.43. The van der Waals surface area contributed by atoms with Crippen LogP contribution in [0.15, 0.2) is 53.3 Å². The van der Waals surface area contributed by atoms with Crippen LogP contribution in [-0.2, 0) is 16.0 Å². The summed E-state index contributed by atoms with van der Waals surface area (Å²) >= 11 is 0. The Kier molecular flexibility index (Phi) is 10.3. The molecule has 45 heavy (non-hydrogen) atoms. The highest BCUT2D eigenvalue weighted by atomic mass is 16.5. The topological polar surface area (TPSA) is 158 Å². The second kappa shape index (κ2) is 14.1. The molecule has 0 fully saturated rings. The smallest absolute Gasteiger partial charge is 0.248 e. The number of carbonyl (C=O) groups is 3. The SMILES string of the molecule is COc1cc2c(c(OC)c1OC)-c1ccc(N[C@H](CC(C)C)C(=O)Nc3ccc(C(N)=O)cc3)c(=O)cc1[C@@H](NC(C)=O)CC2. The van der Waals surface area contributed by atoms with E-state index >= 15 is 0 Å². The van der Waals surface area contributed by atoms with Crippen molar-refractivity contribution in [1.29, 1.82) is 0 Å². The van der Waals surface area contributed by atoms with Crippen molar-refractivity contribution in [1.82, 2.24) is 5.32 Å². The first-order valence-corrected chi connectivity index (χ1v) is 14.7. The van der Waals surface area contributed by atoms with Gasteiger partial charge in [0.05, 0.1) is 33.1 Å². The van der Waals surface area contributed by atoms with Gasteiger partial charge in [-0.1, -0.05) is 19.9 Å². The molecule has 11 nitrogen and oxygen atoms in total. The quantitative estimate of drug-likeness (QED) is 0.246. The van der Waals surface area contributed by atoms with Gasteiger partial charge in [-0.3, -0.25) is 19.2 Å². The maximum absolute atomic E-state index is 13.8. The Hall–Kier alpha value is -5.06. The molecular formula is C34H40N4O7. The van der Waals surface area contributed by atoms with E-state index in [1.165, 1.54) is 32.2 Å². The highest BCUT2D eigenvalue weighted by molar-refractivity contribution is 5.98. The van der Waals surface area contributed by atoms with E-state index in [1.807, 2.05) is 19.9 Å². The van der Waals surface area contributed by atoms with Crippen molar-refractivity contribution >= 4 is 29.1 Å². The second-order valence-electron chi connectivity index (χ2n) is 11.4. The average Bonchev–Trinajstić information content (AvgIpc) is 3.24. The lowest BCUT2D eigenvalue weighted by atomic mass is 9.95. The summed E-state index contributed by atoms with van der Waals surface area (Å²) in [5.74, 6) is 0.349. The zero-order valence-corrected chi connectivity index (χ0v) is 26.4. The maximum Gasteiger partial charge on any atom is 0.248 e. The van der Waals surface area contributed by atoms with Gasteiger partial charge in [0.15, 0.2) is 11.5 Å². The molecule has 5 N–H and O–H groups in total. The number of hydrogen-bond acceptors (Lipinski definition) is 8. The molecule has 0 spiro atoms. The van der Waals surface area contributed by atoms with Crippen LogP contribution in [-0.4, -0.2) is 45.1 Å². The van der Waals surface area contributed by atoms with Crippen molar-refractivity contribution in [2.75, 3.05) is 32.0 Å². The third kappa shape index (κ3) is 7.36. The van der Waals surface area contributed by atoms with Crippen molar-refractivity contribution in [3.05, 3.63) is 75.4 Å². The van der Waals surface area contributed by atoms with Crippen LogP contribution in [0.25, 0.3) is 11.1 Å². The van der Waals surface area contributed by atoms with Gasteiger partial charge in [-0.05, 0) is 84.3 Å². The molecule has 0 saturated carbocycles. The molecule has 0 saturated heterocycles. The number of anilines is 2. The fourth-order valence-electron chi connectivity index (χ4n) is 5.66. The van der Waals surface area contributed by atoms with Crippen molar-refractivity contribution in [3.8, 4) is 28.4 Å². The maximum atomic E-state index is 13.8. The summed E-state index contributed by atoms with van der Waals surface area (Å²) in [5.41, 5.74) is 8.95. The Morgan fingerprint density at radius 1 is 0.956 bits per heavy atom. The molecule has 11 heteroatoms. The van der Waals surface area contributed by atoms with Crippen LogP contribution in [0, 0.1) is 5.92 Å². The first-order chi connectivity index (χ1) is 21.5. The van der Waals surface area contributed by atoms with Gasteiger partial charge >= 0.3 is 0 Å². The lowest BCUT2D eigenvalue weighted by molar-refractivity contribution is -0.120. The summed E-state index contributed by atoms with van der Waals surface area (Å²) in [6.07, 6.45) is 1.54. The van der Waals surface area contributed by atoms with Crippen LogP contribution in [0.4, 0.5) is 11.4 Å². The Balaban J connectivity index is 1.81. The van der Waals surface area contributed by atoms with Gasteiger partial charge in [0.1, 0.15) is 6.04 Å². The summed E-state index contributed by atoms with van der Waals surface area (Å²) in [6.45, 7) is 5.41. The van der Waals surface area contributed by atoms with Gasteiger partial charge in [-0.2, -0.15) is 0 Å². The molecule has 0 aliphatic heterocycles. The van der Waals surface area contributed by atoms with E-state index < -0.39 is 18.0 Å². The van der Waals surface area contributed by atoms with E-state index in [1.54, 1.807) is 38.5 Å². The molecule has 2 atom stereocenters. The van der Waals surface area contributed by atoms with E-state index in [0.29, 0.717) is 58.9 Å². The molecule has 0 heterocycles. The predicted molar refractivity (Wildman–Crippen MR) is 173 cm³/mol. The third-order valence-electron chi connectivity index (χ3n) is 7.71. The van der Waals surface area contributed by atoms with Crippen molar-refractivity contribution in [2.24, 2.45) is 11.7 Å². The van der Waals surface area contributed by atoms with Gasteiger partial charge in [-0.25, -0.2) is 0 Å². The Bertz CT molecular complexity index is 1650. The summed E-state index contributed by atoms with van der Waals surface area (Å²) in [6, 6.07) is 11.9. The number of aryl methyl sites for hydroxylation is 1. The molecule has 0 aromatic heterocycles. The number of nitrogens with one attached hydrogen (secondary N) is 3. The average molecular weight is 617 g/mol. The molecule has 1 aliphatic carbocycles. The van der Waals surface area contributed by atoms with E-state index in [0.717, 1.165) is 11.1 Å². The zero-order valence-electron chi connectivity index (χ0n) is 26.4. The summed E-state index contributed by atoms with van der Waals surface area (Å²) in [7, 11) is 4.62. The number of primary amides is 1. The largest absolute Gasteiger partial charge is 0.493 e. The first-order valence-electron chi connectivity index (χ1n) is 14.7. The lowest BCUT2D eigenvalue weighted by Gasteiger charge is -2.20. The molecule has 0 radical (unpaired) electrons. The molecule has 3 amide bonds. The van der Waals surface area contributed by atoms with Crippen LogP contribution in [0.1, 0.15) is 61.1 Å². The monoisotopic (exact) mass is 616 g/mol. The minimum absolute atomic E-state index is 0.123. The molecule has 1 aliphatic rings.